The standard InChI is InChI=1S/C24H28N2O2/c1-16-11-12-21-20(14-16)18-9-5-6-10-19(18)22(25-21)15-17-8-7-13-26(17)23(27)28-24(2,3)4/h5-6,9-12,14,17H,7-8,13,15H2,1-4H3/t17-/m0/s1. The molecule has 0 bridgehead atoms. The molecule has 0 aliphatic carbocycles. The van der Waals surface area contributed by atoms with E-state index in [0.717, 1.165) is 37.0 Å². The summed E-state index contributed by atoms with van der Waals surface area (Å²) in [6, 6.07) is 15.0. The van der Waals surface area contributed by atoms with Crippen LogP contribution in [0.25, 0.3) is 21.7 Å². The van der Waals surface area contributed by atoms with Gasteiger partial charge in [-0.1, -0.05) is 35.9 Å². The number of hydrogen-bond acceptors (Lipinski definition) is 3. The summed E-state index contributed by atoms with van der Waals surface area (Å²) in [4.78, 5) is 19.5. The van der Waals surface area contributed by atoms with Crippen LogP contribution in [0.5, 0.6) is 0 Å². The van der Waals surface area contributed by atoms with Gasteiger partial charge in [0.2, 0.25) is 0 Å². The molecule has 0 spiro atoms. The SMILES string of the molecule is Cc1ccc2nc(C[C@@H]3CCCN3C(=O)OC(C)(C)C)c3ccccc3c2c1. The van der Waals surface area contributed by atoms with Crippen LogP contribution < -0.4 is 0 Å². The Morgan fingerprint density at radius 2 is 1.89 bits per heavy atom. The number of carbonyl (C=O) groups excluding carboxylic acids is 1. The van der Waals surface area contributed by atoms with Crippen molar-refractivity contribution in [2.75, 3.05) is 6.54 Å². The molecule has 4 heteroatoms. The summed E-state index contributed by atoms with van der Waals surface area (Å²) >= 11 is 0. The average Bonchev–Trinajstić information content (AvgIpc) is 3.09. The summed E-state index contributed by atoms with van der Waals surface area (Å²) in [5.41, 5.74) is 2.84. The van der Waals surface area contributed by atoms with Gasteiger partial charge < -0.3 is 9.64 Å². The number of aromatic nitrogens is 1. The van der Waals surface area contributed by atoms with Crippen molar-refractivity contribution in [2.45, 2.75) is 58.6 Å². The van der Waals surface area contributed by atoms with Gasteiger partial charge in [-0.25, -0.2) is 4.79 Å². The Kier molecular flexibility index (Phi) is 4.74. The molecule has 4 nitrogen and oxygen atoms in total. The number of likely N-dealkylation sites (tertiary alicyclic amines) is 1. The van der Waals surface area contributed by atoms with Gasteiger partial charge in [0, 0.05) is 29.8 Å². The number of aryl methyl sites for hydroxylation is 1. The van der Waals surface area contributed by atoms with E-state index in [-0.39, 0.29) is 12.1 Å². The molecule has 2 heterocycles. The monoisotopic (exact) mass is 376 g/mol. The molecular formula is C24H28N2O2. The van der Waals surface area contributed by atoms with Crippen molar-refractivity contribution in [1.82, 2.24) is 9.88 Å². The molecule has 0 unspecified atom stereocenters. The lowest BCUT2D eigenvalue weighted by Gasteiger charge is -2.28. The maximum Gasteiger partial charge on any atom is 0.410 e. The van der Waals surface area contributed by atoms with Crippen LogP contribution in [0.3, 0.4) is 0 Å². The Labute approximate surface area is 166 Å². The zero-order valence-corrected chi connectivity index (χ0v) is 17.2. The van der Waals surface area contributed by atoms with Gasteiger partial charge in [0.15, 0.2) is 0 Å². The first kappa shape index (κ1) is 18.7. The molecule has 1 saturated heterocycles. The molecule has 1 aliphatic heterocycles. The molecule has 28 heavy (non-hydrogen) atoms. The molecule has 1 amide bonds. The molecule has 1 aliphatic rings. The fourth-order valence-corrected chi connectivity index (χ4v) is 4.13. The first-order valence-corrected chi connectivity index (χ1v) is 10.1. The minimum Gasteiger partial charge on any atom is -0.444 e. The van der Waals surface area contributed by atoms with Crippen LogP contribution in [0, 0.1) is 6.92 Å². The van der Waals surface area contributed by atoms with Crippen LogP contribution in [0.2, 0.25) is 0 Å². The van der Waals surface area contributed by atoms with E-state index >= 15 is 0 Å². The van der Waals surface area contributed by atoms with Gasteiger partial charge in [0.25, 0.3) is 0 Å². The first-order valence-electron chi connectivity index (χ1n) is 10.1. The highest BCUT2D eigenvalue weighted by atomic mass is 16.6. The van der Waals surface area contributed by atoms with Crippen molar-refractivity contribution < 1.29 is 9.53 Å². The molecule has 1 aromatic heterocycles. The minimum absolute atomic E-state index is 0.133. The van der Waals surface area contributed by atoms with E-state index in [4.69, 9.17) is 9.72 Å². The van der Waals surface area contributed by atoms with Gasteiger partial charge >= 0.3 is 6.09 Å². The summed E-state index contributed by atoms with van der Waals surface area (Å²) in [5, 5.41) is 3.60. The van der Waals surface area contributed by atoms with Gasteiger partial charge in [-0.05, 0) is 58.1 Å². The summed E-state index contributed by atoms with van der Waals surface area (Å²) < 4.78 is 5.63. The van der Waals surface area contributed by atoms with E-state index in [1.165, 1.54) is 21.7 Å². The first-order chi connectivity index (χ1) is 13.3. The van der Waals surface area contributed by atoms with Crippen molar-refractivity contribution >= 4 is 27.8 Å². The minimum atomic E-state index is -0.476. The Morgan fingerprint density at radius 3 is 2.64 bits per heavy atom. The van der Waals surface area contributed by atoms with E-state index in [1.807, 2.05) is 25.7 Å². The highest BCUT2D eigenvalue weighted by Crippen LogP contribution is 2.30. The number of fused-ring (bicyclic) bond motifs is 3. The van der Waals surface area contributed by atoms with E-state index in [1.54, 1.807) is 0 Å². The van der Waals surface area contributed by atoms with Gasteiger partial charge in [-0.2, -0.15) is 0 Å². The van der Waals surface area contributed by atoms with Crippen molar-refractivity contribution in [3.8, 4) is 0 Å². The number of hydrogen-bond donors (Lipinski definition) is 0. The fraction of sp³-hybridized carbons (Fsp3) is 0.417. The molecule has 1 fully saturated rings. The summed E-state index contributed by atoms with van der Waals surface area (Å²) in [6.07, 6.45) is 2.54. The van der Waals surface area contributed by atoms with Crippen LogP contribution in [-0.4, -0.2) is 34.2 Å². The zero-order valence-electron chi connectivity index (χ0n) is 17.2. The number of amides is 1. The molecular weight excluding hydrogens is 348 g/mol. The third-order valence-electron chi connectivity index (χ3n) is 5.37. The number of ether oxygens (including phenoxy) is 1. The van der Waals surface area contributed by atoms with Crippen LogP contribution in [0.15, 0.2) is 42.5 Å². The number of rotatable bonds is 2. The molecule has 0 radical (unpaired) electrons. The van der Waals surface area contributed by atoms with E-state index in [9.17, 15) is 4.79 Å². The lowest BCUT2D eigenvalue weighted by Crippen LogP contribution is -2.40. The quantitative estimate of drug-likeness (QED) is 0.544. The maximum atomic E-state index is 12.7. The van der Waals surface area contributed by atoms with Gasteiger partial charge in [-0.3, -0.25) is 4.98 Å². The predicted molar refractivity (Wildman–Crippen MR) is 114 cm³/mol. The lowest BCUT2D eigenvalue weighted by molar-refractivity contribution is 0.0226. The highest BCUT2D eigenvalue weighted by Gasteiger charge is 2.32. The zero-order chi connectivity index (χ0) is 19.9. The van der Waals surface area contributed by atoms with Crippen LogP contribution in [0.1, 0.15) is 44.9 Å². The molecule has 146 valence electrons. The number of pyridine rings is 1. The highest BCUT2D eigenvalue weighted by molar-refractivity contribution is 6.06. The van der Waals surface area contributed by atoms with Crippen molar-refractivity contribution in [2.24, 2.45) is 0 Å². The number of benzene rings is 2. The van der Waals surface area contributed by atoms with E-state index in [2.05, 4.69) is 49.4 Å². The van der Waals surface area contributed by atoms with Gasteiger partial charge in [0.05, 0.1) is 11.2 Å². The second-order valence-electron chi connectivity index (χ2n) is 8.80. The van der Waals surface area contributed by atoms with Crippen LogP contribution in [-0.2, 0) is 11.2 Å². The smallest absolute Gasteiger partial charge is 0.410 e. The molecule has 2 aromatic carbocycles. The van der Waals surface area contributed by atoms with Crippen LogP contribution in [0.4, 0.5) is 4.79 Å². The van der Waals surface area contributed by atoms with Crippen molar-refractivity contribution in [3.63, 3.8) is 0 Å². The van der Waals surface area contributed by atoms with E-state index in [0.29, 0.717) is 0 Å². The predicted octanol–water partition coefficient (Wildman–Crippen LogP) is 5.64. The van der Waals surface area contributed by atoms with Crippen molar-refractivity contribution in [1.29, 1.82) is 0 Å². The summed E-state index contributed by atoms with van der Waals surface area (Å²) in [7, 11) is 0. The lowest BCUT2D eigenvalue weighted by atomic mass is 9.99. The molecule has 4 rings (SSSR count). The number of nitrogens with zero attached hydrogens (tertiary/aromatic N) is 2. The van der Waals surface area contributed by atoms with Gasteiger partial charge in [-0.15, -0.1) is 0 Å². The largest absolute Gasteiger partial charge is 0.444 e. The summed E-state index contributed by atoms with van der Waals surface area (Å²) in [6.45, 7) is 8.60. The topological polar surface area (TPSA) is 42.4 Å². The molecule has 3 aromatic rings. The molecule has 1 atom stereocenters. The van der Waals surface area contributed by atoms with Gasteiger partial charge in [0.1, 0.15) is 5.60 Å². The maximum absolute atomic E-state index is 12.7. The number of carbonyl (C=O) groups is 1. The Morgan fingerprint density at radius 1 is 1.14 bits per heavy atom. The Balaban J connectivity index is 1.71. The Hall–Kier alpha value is -2.62. The normalized spacial score (nSPS) is 17.4. The Bertz CT molecular complexity index is 1040. The van der Waals surface area contributed by atoms with Crippen LogP contribution >= 0.6 is 0 Å². The third-order valence-corrected chi connectivity index (χ3v) is 5.37. The average molecular weight is 377 g/mol. The second kappa shape index (κ2) is 7.08. The fourth-order valence-electron chi connectivity index (χ4n) is 4.13. The van der Waals surface area contributed by atoms with E-state index < -0.39 is 5.60 Å². The molecule has 0 saturated carbocycles. The summed E-state index contributed by atoms with van der Waals surface area (Å²) in [5.74, 6) is 0. The third kappa shape index (κ3) is 3.68. The molecule has 0 N–H and O–H groups in total. The second-order valence-corrected chi connectivity index (χ2v) is 8.80. The van der Waals surface area contributed by atoms with Crippen molar-refractivity contribution in [3.05, 3.63) is 53.7 Å².